The van der Waals surface area contributed by atoms with E-state index in [2.05, 4.69) is 11.2 Å². The van der Waals surface area contributed by atoms with Crippen LogP contribution in [-0.2, 0) is 0 Å². The molecule has 0 saturated heterocycles. The van der Waals surface area contributed by atoms with Gasteiger partial charge in [0.15, 0.2) is 0 Å². The molecule has 2 heterocycles. The Balaban J connectivity index is 1.52. The fourth-order valence-electron chi connectivity index (χ4n) is 3.81. The molecule has 0 spiro atoms. The Labute approximate surface area is 184 Å². The molecular weight excluding hydrogens is 402 g/mol. The molecule has 2 aromatic heterocycles. The van der Waals surface area contributed by atoms with Crippen LogP contribution in [0.3, 0.4) is 0 Å². The lowest BCUT2D eigenvalue weighted by Crippen LogP contribution is -2.33. The number of primary amides is 1. The van der Waals surface area contributed by atoms with Crippen LogP contribution in [0.1, 0.15) is 39.1 Å². The van der Waals surface area contributed by atoms with Gasteiger partial charge in [0.25, 0.3) is 5.91 Å². The molecule has 7 nitrogen and oxygen atoms in total. The summed E-state index contributed by atoms with van der Waals surface area (Å²) in [6.07, 6.45) is 5.42. The van der Waals surface area contributed by atoms with E-state index in [1.165, 1.54) is 0 Å². The average molecular weight is 421 g/mol. The first kappa shape index (κ1) is 19.5. The summed E-state index contributed by atoms with van der Waals surface area (Å²) in [5, 5.41) is 13.4. The largest absolute Gasteiger partial charge is 0.366 e. The summed E-state index contributed by atoms with van der Waals surface area (Å²) in [5.74, 6) is -0.566. The van der Waals surface area contributed by atoms with Crippen LogP contribution in [0.15, 0.2) is 73.1 Å². The minimum Gasteiger partial charge on any atom is -0.366 e. The molecule has 5 rings (SSSR count). The van der Waals surface area contributed by atoms with Crippen molar-refractivity contribution in [1.82, 2.24) is 9.61 Å². The number of pyridine rings is 1. The van der Waals surface area contributed by atoms with Gasteiger partial charge in [-0.3, -0.25) is 9.59 Å². The second-order valence-corrected chi connectivity index (χ2v) is 7.81. The molecule has 7 heteroatoms. The number of fused-ring (bicyclic) bond motifs is 1. The minimum atomic E-state index is -0.479. The Morgan fingerprint density at radius 3 is 2.38 bits per heavy atom. The summed E-state index contributed by atoms with van der Waals surface area (Å²) in [5.41, 5.74) is 10.2. The highest BCUT2D eigenvalue weighted by molar-refractivity contribution is 6.08. The number of anilines is 1. The van der Waals surface area contributed by atoms with Crippen molar-refractivity contribution in [2.24, 2.45) is 5.73 Å². The lowest BCUT2D eigenvalue weighted by Gasteiger charge is -2.23. The zero-order valence-electron chi connectivity index (χ0n) is 17.1. The van der Waals surface area contributed by atoms with Crippen molar-refractivity contribution in [3.05, 3.63) is 89.7 Å². The Kier molecular flexibility index (Phi) is 4.68. The fraction of sp³-hybridized carbons (Fsp3) is 0.120. The van der Waals surface area contributed by atoms with E-state index < -0.39 is 5.91 Å². The quantitative estimate of drug-likeness (QED) is 0.529. The van der Waals surface area contributed by atoms with E-state index in [0.717, 1.165) is 35.2 Å². The molecule has 4 aromatic rings. The van der Waals surface area contributed by atoms with Crippen molar-refractivity contribution in [2.75, 3.05) is 4.90 Å². The number of carbonyl (C=O) groups is 2. The van der Waals surface area contributed by atoms with Gasteiger partial charge in [-0.1, -0.05) is 12.1 Å². The summed E-state index contributed by atoms with van der Waals surface area (Å²) in [6, 6.07) is 20.0. The number of hydrogen-bond acceptors (Lipinski definition) is 4. The van der Waals surface area contributed by atoms with Crippen molar-refractivity contribution < 1.29 is 9.59 Å². The van der Waals surface area contributed by atoms with Crippen LogP contribution in [0.4, 0.5) is 5.69 Å². The van der Waals surface area contributed by atoms with E-state index >= 15 is 0 Å². The number of amides is 2. The molecular formula is C25H19N5O2. The summed E-state index contributed by atoms with van der Waals surface area (Å²) in [6.45, 7) is 0. The molecule has 0 radical (unpaired) electrons. The Morgan fingerprint density at radius 1 is 1.03 bits per heavy atom. The van der Waals surface area contributed by atoms with Gasteiger partial charge in [0, 0.05) is 34.6 Å². The molecule has 2 N–H and O–H groups in total. The highest BCUT2D eigenvalue weighted by Gasteiger charge is 2.34. The normalized spacial score (nSPS) is 13.0. The highest BCUT2D eigenvalue weighted by atomic mass is 16.2. The molecule has 1 aliphatic rings. The molecule has 1 saturated carbocycles. The van der Waals surface area contributed by atoms with Crippen LogP contribution in [0, 0.1) is 11.3 Å². The molecule has 2 aromatic carbocycles. The number of nitrogens with zero attached hydrogens (tertiary/aromatic N) is 4. The second-order valence-electron chi connectivity index (χ2n) is 7.81. The van der Waals surface area contributed by atoms with Gasteiger partial charge in [0.2, 0.25) is 5.91 Å². The number of benzene rings is 2. The van der Waals surface area contributed by atoms with Crippen molar-refractivity contribution >= 4 is 23.0 Å². The fourth-order valence-corrected chi connectivity index (χ4v) is 3.81. The van der Waals surface area contributed by atoms with Gasteiger partial charge in [-0.05, 0) is 66.9 Å². The van der Waals surface area contributed by atoms with E-state index in [1.54, 1.807) is 47.2 Å². The maximum Gasteiger partial charge on any atom is 0.258 e. The lowest BCUT2D eigenvalue weighted by molar-refractivity contribution is 0.0981. The Hall–Kier alpha value is -4.44. The first-order valence-corrected chi connectivity index (χ1v) is 10.3. The van der Waals surface area contributed by atoms with Crippen LogP contribution in [-0.4, -0.2) is 27.5 Å². The van der Waals surface area contributed by atoms with E-state index in [9.17, 15) is 9.59 Å². The zero-order chi connectivity index (χ0) is 22.2. The van der Waals surface area contributed by atoms with Gasteiger partial charge < -0.3 is 10.6 Å². The van der Waals surface area contributed by atoms with Crippen molar-refractivity contribution in [3.8, 4) is 17.2 Å². The molecule has 1 fully saturated rings. The average Bonchev–Trinajstić information content (AvgIpc) is 3.57. The van der Waals surface area contributed by atoms with Crippen LogP contribution < -0.4 is 10.6 Å². The predicted molar refractivity (Wildman–Crippen MR) is 120 cm³/mol. The standard InChI is InChI=1S/C25H19N5O2/c26-14-16-1-7-20(8-2-16)30(21-9-10-21)25(32)19-11-12-29-23(13-19)22(15-28-29)17-3-5-18(6-4-17)24(27)31/h1-8,11-13,15,21H,9-10H2,(H2,27,31). The van der Waals surface area contributed by atoms with E-state index in [-0.39, 0.29) is 11.9 Å². The van der Waals surface area contributed by atoms with E-state index in [1.807, 2.05) is 35.2 Å². The van der Waals surface area contributed by atoms with Crippen LogP contribution in [0.25, 0.3) is 16.6 Å². The molecule has 0 aliphatic heterocycles. The van der Waals surface area contributed by atoms with Crippen LogP contribution >= 0.6 is 0 Å². The van der Waals surface area contributed by atoms with Gasteiger partial charge in [0.1, 0.15) is 0 Å². The highest BCUT2D eigenvalue weighted by Crippen LogP contribution is 2.34. The van der Waals surface area contributed by atoms with Crippen LogP contribution in [0.5, 0.6) is 0 Å². The lowest BCUT2D eigenvalue weighted by atomic mass is 10.0. The smallest absolute Gasteiger partial charge is 0.258 e. The third kappa shape index (κ3) is 3.48. The zero-order valence-corrected chi connectivity index (χ0v) is 17.1. The van der Waals surface area contributed by atoms with Gasteiger partial charge in [-0.15, -0.1) is 0 Å². The maximum absolute atomic E-state index is 13.5. The third-order valence-electron chi connectivity index (χ3n) is 5.65. The number of aromatic nitrogens is 2. The van der Waals surface area contributed by atoms with E-state index in [4.69, 9.17) is 11.0 Å². The molecule has 1 aliphatic carbocycles. The van der Waals surface area contributed by atoms with Crippen molar-refractivity contribution in [1.29, 1.82) is 5.26 Å². The maximum atomic E-state index is 13.5. The topological polar surface area (TPSA) is 104 Å². The van der Waals surface area contributed by atoms with Crippen molar-refractivity contribution in [2.45, 2.75) is 18.9 Å². The third-order valence-corrected chi connectivity index (χ3v) is 5.65. The van der Waals surface area contributed by atoms with Gasteiger partial charge in [-0.2, -0.15) is 10.4 Å². The SMILES string of the molecule is N#Cc1ccc(N(C(=O)c2ccn3ncc(-c4ccc(C(N)=O)cc4)c3c2)C2CC2)cc1. The summed E-state index contributed by atoms with van der Waals surface area (Å²) < 4.78 is 1.72. The van der Waals surface area contributed by atoms with Gasteiger partial charge in [0.05, 0.1) is 23.3 Å². The number of nitrogens with two attached hydrogens (primary N) is 1. The summed E-state index contributed by atoms with van der Waals surface area (Å²) >= 11 is 0. The molecule has 2 amide bonds. The predicted octanol–water partition coefficient (Wildman–Crippen LogP) is 3.78. The van der Waals surface area contributed by atoms with Crippen molar-refractivity contribution in [3.63, 3.8) is 0 Å². The number of carbonyl (C=O) groups excluding carboxylic acids is 2. The van der Waals surface area contributed by atoms with Gasteiger partial charge >= 0.3 is 0 Å². The first-order valence-electron chi connectivity index (χ1n) is 10.3. The molecule has 32 heavy (non-hydrogen) atoms. The summed E-state index contributed by atoms with van der Waals surface area (Å²) in [4.78, 5) is 26.7. The number of rotatable bonds is 5. The number of hydrogen-bond donors (Lipinski definition) is 1. The second kappa shape index (κ2) is 7.67. The summed E-state index contributed by atoms with van der Waals surface area (Å²) in [7, 11) is 0. The Morgan fingerprint density at radius 2 is 1.75 bits per heavy atom. The first-order chi connectivity index (χ1) is 15.5. The van der Waals surface area contributed by atoms with Gasteiger partial charge in [-0.25, -0.2) is 4.52 Å². The molecule has 0 atom stereocenters. The molecule has 0 unspecified atom stereocenters. The Bertz CT molecular complexity index is 1380. The van der Waals surface area contributed by atoms with Crippen LogP contribution in [0.2, 0.25) is 0 Å². The minimum absolute atomic E-state index is 0.0871. The van der Waals surface area contributed by atoms with E-state index in [0.29, 0.717) is 16.7 Å². The molecule has 0 bridgehead atoms. The monoisotopic (exact) mass is 421 g/mol. The number of nitriles is 1. The molecule has 156 valence electrons.